The molecule has 0 spiro atoms. The Hall–Kier alpha value is -3.01. The zero-order valence-corrected chi connectivity index (χ0v) is 12.6. The van der Waals surface area contributed by atoms with Crippen LogP contribution in [0.1, 0.15) is 15.9 Å². The van der Waals surface area contributed by atoms with Gasteiger partial charge in [-0.05, 0) is 35.8 Å². The molecule has 1 heterocycles. The second-order valence-corrected chi connectivity index (χ2v) is 5.42. The van der Waals surface area contributed by atoms with E-state index in [4.69, 9.17) is 0 Å². The molecule has 0 unspecified atom stereocenters. The van der Waals surface area contributed by atoms with Gasteiger partial charge in [0.1, 0.15) is 0 Å². The van der Waals surface area contributed by atoms with Gasteiger partial charge in [0.05, 0.1) is 16.9 Å². The summed E-state index contributed by atoms with van der Waals surface area (Å²) in [5.74, 6) is -0.939. The van der Waals surface area contributed by atoms with Gasteiger partial charge in [0.15, 0.2) is 0 Å². The number of hydrogen-bond acceptors (Lipinski definition) is 3. The van der Waals surface area contributed by atoms with Crippen molar-refractivity contribution >= 4 is 11.7 Å². The van der Waals surface area contributed by atoms with Crippen LogP contribution in [0.15, 0.2) is 78.1 Å². The average molecular weight is 306 g/mol. The molecule has 3 rings (SSSR count). The summed E-state index contributed by atoms with van der Waals surface area (Å²) in [5.41, 5.74) is 4.21. The quantitative estimate of drug-likeness (QED) is 0.792. The fourth-order valence-corrected chi connectivity index (χ4v) is 2.58. The number of anilines is 1. The summed E-state index contributed by atoms with van der Waals surface area (Å²) in [6.07, 6.45) is 4.81. The molecule has 116 valence electrons. The Morgan fingerprint density at radius 3 is 2.61 bits per heavy atom. The van der Waals surface area contributed by atoms with Crippen LogP contribution in [0.5, 0.6) is 0 Å². The van der Waals surface area contributed by atoms with Crippen LogP contribution in [0.2, 0.25) is 0 Å². The minimum atomic E-state index is -0.939. The average Bonchev–Trinajstić information content (AvgIpc) is 2.56. The van der Waals surface area contributed by atoms with Gasteiger partial charge in [0.2, 0.25) is 0 Å². The van der Waals surface area contributed by atoms with Gasteiger partial charge in [-0.3, -0.25) is 0 Å². The molecule has 0 amide bonds. The van der Waals surface area contributed by atoms with Crippen LogP contribution in [0, 0.1) is 0 Å². The number of nitrogens with one attached hydrogen (secondary N) is 2. The van der Waals surface area contributed by atoms with Crippen molar-refractivity contribution in [1.29, 1.82) is 0 Å². The normalized spacial score (nSPS) is 13.6. The number of carboxylic acids is 1. The number of allylic oxidation sites excluding steroid dienone is 1. The summed E-state index contributed by atoms with van der Waals surface area (Å²) in [7, 11) is 0. The first-order valence-electron chi connectivity index (χ1n) is 7.48. The molecule has 0 saturated carbocycles. The highest BCUT2D eigenvalue weighted by molar-refractivity contribution is 5.94. The van der Waals surface area contributed by atoms with Gasteiger partial charge in [-0.25, -0.2) is 4.79 Å². The van der Waals surface area contributed by atoms with Crippen LogP contribution in [0.4, 0.5) is 5.69 Å². The van der Waals surface area contributed by atoms with Crippen molar-refractivity contribution in [2.24, 2.45) is 0 Å². The lowest BCUT2D eigenvalue weighted by molar-refractivity contribution is 0.0698. The Morgan fingerprint density at radius 2 is 1.83 bits per heavy atom. The predicted molar refractivity (Wildman–Crippen MR) is 91.3 cm³/mol. The third kappa shape index (κ3) is 3.80. The lowest BCUT2D eigenvalue weighted by Gasteiger charge is -2.18. The molecule has 23 heavy (non-hydrogen) atoms. The van der Waals surface area contributed by atoms with Gasteiger partial charge in [0.25, 0.3) is 0 Å². The topological polar surface area (TPSA) is 61.4 Å². The lowest BCUT2D eigenvalue weighted by atomic mass is 10.0. The molecule has 0 aliphatic carbocycles. The molecule has 0 radical (unpaired) electrons. The summed E-state index contributed by atoms with van der Waals surface area (Å²) in [5, 5.41) is 15.7. The fraction of sp³-hybridized carbons (Fsp3) is 0.105. The molecule has 4 heteroatoms. The van der Waals surface area contributed by atoms with Gasteiger partial charge >= 0.3 is 5.97 Å². The summed E-state index contributed by atoms with van der Waals surface area (Å²) in [6, 6.07) is 17.2. The molecular formula is C19H18N2O2. The zero-order valence-electron chi connectivity index (χ0n) is 12.6. The van der Waals surface area contributed by atoms with E-state index >= 15 is 0 Å². The Morgan fingerprint density at radius 1 is 1.09 bits per heavy atom. The van der Waals surface area contributed by atoms with Crippen molar-refractivity contribution in [2.45, 2.75) is 6.42 Å². The minimum Gasteiger partial charge on any atom is -0.478 e. The number of benzene rings is 2. The molecule has 0 aromatic heterocycles. The minimum absolute atomic E-state index is 0.261. The fourth-order valence-electron chi connectivity index (χ4n) is 2.58. The van der Waals surface area contributed by atoms with E-state index in [0.29, 0.717) is 5.69 Å². The van der Waals surface area contributed by atoms with Gasteiger partial charge in [-0.15, -0.1) is 0 Å². The van der Waals surface area contributed by atoms with Gasteiger partial charge < -0.3 is 15.7 Å². The molecule has 4 nitrogen and oxygen atoms in total. The van der Waals surface area contributed by atoms with E-state index in [1.54, 1.807) is 18.2 Å². The number of carboxylic acid groups (broad SMARTS) is 1. The molecular weight excluding hydrogens is 288 g/mol. The smallest absolute Gasteiger partial charge is 0.337 e. The van der Waals surface area contributed by atoms with Gasteiger partial charge in [-0.1, -0.05) is 42.5 Å². The Labute approximate surface area is 135 Å². The Bertz CT molecular complexity index is 764. The van der Waals surface area contributed by atoms with Crippen molar-refractivity contribution < 1.29 is 9.90 Å². The molecule has 0 bridgehead atoms. The van der Waals surface area contributed by atoms with Crippen molar-refractivity contribution in [3.8, 4) is 0 Å². The second-order valence-electron chi connectivity index (χ2n) is 5.42. The van der Waals surface area contributed by atoms with Crippen molar-refractivity contribution in [3.05, 3.63) is 89.3 Å². The third-order valence-corrected chi connectivity index (χ3v) is 3.66. The number of hydrogen-bond donors (Lipinski definition) is 3. The van der Waals surface area contributed by atoms with Gasteiger partial charge in [0, 0.05) is 12.7 Å². The monoisotopic (exact) mass is 306 g/mol. The number of carbonyl (C=O) groups is 1. The summed E-state index contributed by atoms with van der Waals surface area (Å²) >= 11 is 0. The second kappa shape index (κ2) is 6.83. The van der Waals surface area contributed by atoms with Crippen molar-refractivity contribution in [2.75, 3.05) is 11.9 Å². The highest BCUT2D eigenvalue weighted by Gasteiger charge is 2.11. The summed E-state index contributed by atoms with van der Waals surface area (Å²) in [6.45, 7) is 0.792. The Kier molecular flexibility index (Phi) is 4.43. The first-order valence-corrected chi connectivity index (χ1v) is 7.48. The summed E-state index contributed by atoms with van der Waals surface area (Å²) < 4.78 is 0. The largest absolute Gasteiger partial charge is 0.478 e. The molecule has 2 aromatic carbocycles. The summed E-state index contributed by atoms with van der Waals surface area (Å²) in [4.78, 5) is 11.3. The molecule has 1 aliphatic rings. The van der Waals surface area contributed by atoms with Crippen molar-refractivity contribution in [3.63, 3.8) is 0 Å². The maximum absolute atomic E-state index is 11.3. The van der Waals surface area contributed by atoms with Crippen LogP contribution in [-0.4, -0.2) is 17.6 Å². The third-order valence-electron chi connectivity index (χ3n) is 3.66. The number of para-hydroxylation sites is 1. The van der Waals surface area contributed by atoms with Crippen LogP contribution in [0.3, 0.4) is 0 Å². The first kappa shape index (κ1) is 14.9. The highest BCUT2D eigenvalue weighted by Crippen LogP contribution is 2.20. The SMILES string of the molecule is O=C(O)c1ccccc1NC1=CNCC(Cc2ccccc2)=C1. The van der Waals surface area contributed by atoms with Crippen LogP contribution >= 0.6 is 0 Å². The highest BCUT2D eigenvalue weighted by atomic mass is 16.4. The number of aromatic carboxylic acids is 1. The van der Waals surface area contributed by atoms with E-state index in [0.717, 1.165) is 18.7 Å². The Balaban J connectivity index is 1.76. The van der Waals surface area contributed by atoms with E-state index in [9.17, 15) is 9.90 Å². The van der Waals surface area contributed by atoms with Crippen LogP contribution in [0.25, 0.3) is 0 Å². The first-order chi connectivity index (χ1) is 11.2. The lowest BCUT2D eigenvalue weighted by Crippen LogP contribution is -2.19. The molecule has 3 N–H and O–H groups in total. The number of rotatable bonds is 5. The van der Waals surface area contributed by atoms with E-state index in [2.05, 4.69) is 28.8 Å². The molecule has 2 aromatic rings. The van der Waals surface area contributed by atoms with E-state index in [1.807, 2.05) is 30.5 Å². The number of dihydropyridines is 1. The van der Waals surface area contributed by atoms with Gasteiger partial charge in [-0.2, -0.15) is 0 Å². The van der Waals surface area contributed by atoms with E-state index in [-0.39, 0.29) is 5.56 Å². The standard InChI is InChI=1S/C19H18N2O2/c22-19(23)17-8-4-5-9-18(17)21-16-11-15(12-20-13-16)10-14-6-2-1-3-7-14/h1-9,11,13,20-21H,10,12H2,(H,22,23). The van der Waals surface area contributed by atoms with E-state index in [1.165, 1.54) is 11.1 Å². The molecule has 0 atom stereocenters. The molecule has 0 fully saturated rings. The van der Waals surface area contributed by atoms with Crippen LogP contribution < -0.4 is 10.6 Å². The van der Waals surface area contributed by atoms with E-state index < -0.39 is 5.97 Å². The maximum atomic E-state index is 11.3. The predicted octanol–water partition coefficient (Wildman–Crippen LogP) is 3.41. The van der Waals surface area contributed by atoms with Crippen molar-refractivity contribution in [1.82, 2.24) is 5.32 Å². The maximum Gasteiger partial charge on any atom is 0.337 e. The molecule has 0 saturated heterocycles. The molecule has 1 aliphatic heterocycles. The van der Waals surface area contributed by atoms with Crippen LogP contribution in [-0.2, 0) is 6.42 Å². The zero-order chi connectivity index (χ0) is 16.1.